The first-order valence-corrected chi connectivity index (χ1v) is 11.2. The van der Waals surface area contributed by atoms with Crippen molar-refractivity contribution in [3.63, 3.8) is 0 Å². The fourth-order valence-corrected chi connectivity index (χ4v) is 3.36. The second-order valence-corrected chi connectivity index (χ2v) is 7.64. The number of carbonyl (C=O) groups is 1. The van der Waals surface area contributed by atoms with Crippen LogP contribution in [0.4, 0.5) is 0 Å². The number of phenols is 1. The standard InChI is InChI=1S/C24H40O3/c1-2-3-4-5-6-7-8-9-10-11-12-13-14-15-16-21-24(26)27-23-20-18-17-19-22(23)25/h17-20,25H,2-16,21H2,1H3. The second-order valence-electron chi connectivity index (χ2n) is 7.64. The quantitative estimate of drug-likeness (QED) is 0.173. The normalized spacial score (nSPS) is 10.9. The predicted molar refractivity (Wildman–Crippen MR) is 113 cm³/mol. The molecule has 0 amide bonds. The van der Waals surface area contributed by atoms with Crippen LogP contribution in [0.15, 0.2) is 24.3 Å². The summed E-state index contributed by atoms with van der Waals surface area (Å²) in [6.45, 7) is 2.27. The minimum absolute atomic E-state index is 0.0161. The third-order valence-electron chi connectivity index (χ3n) is 5.07. The minimum Gasteiger partial charge on any atom is -0.504 e. The lowest BCUT2D eigenvalue weighted by Gasteiger charge is -2.06. The summed E-state index contributed by atoms with van der Waals surface area (Å²) in [4.78, 5) is 11.8. The lowest BCUT2D eigenvalue weighted by atomic mass is 10.0. The maximum Gasteiger partial charge on any atom is 0.311 e. The van der Waals surface area contributed by atoms with Crippen molar-refractivity contribution in [2.45, 2.75) is 110 Å². The largest absolute Gasteiger partial charge is 0.504 e. The molecule has 0 aliphatic heterocycles. The highest BCUT2D eigenvalue weighted by molar-refractivity contribution is 5.73. The summed E-state index contributed by atoms with van der Waals surface area (Å²) in [7, 11) is 0. The molecule has 1 rings (SSSR count). The van der Waals surface area contributed by atoms with E-state index in [0.29, 0.717) is 6.42 Å². The Bertz CT molecular complexity index is 484. The highest BCUT2D eigenvalue weighted by atomic mass is 16.5. The lowest BCUT2D eigenvalue weighted by molar-refractivity contribution is -0.134. The zero-order chi connectivity index (χ0) is 19.6. The van der Waals surface area contributed by atoms with Crippen LogP contribution in [0.1, 0.15) is 110 Å². The van der Waals surface area contributed by atoms with Gasteiger partial charge in [0.05, 0.1) is 0 Å². The third kappa shape index (κ3) is 13.3. The van der Waals surface area contributed by atoms with E-state index in [0.717, 1.165) is 12.8 Å². The molecule has 0 aliphatic rings. The molecule has 0 fully saturated rings. The molecule has 0 saturated heterocycles. The average Bonchev–Trinajstić information content (AvgIpc) is 2.66. The summed E-state index contributed by atoms with van der Waals surface area (Å²) in [6.07, 6.45) is 20.1. The summed E-state index contributed by atoms with van der Waals surface area (Å²) >= 11 is 0. The molecule has 0 unspecified atom stereocenters. The van der Waals surface area contributed by atoms with E-state index in [4.69, 9.17) is 4.74 Å². The second kappa shape index (κ2) is 16.6. The van der Waals surface area contributed by atoms with E-state index in [1.54, 1.807) is 18.2 Å². The van der Waals surface area contributed by atoms with Gasteiger partial charge < -0.3 is 9.84 Å². The Morgan fingerprint density at radius 2 is 1.19 bits per heavy atom. The third-order valence-corrected chi connectivity index (χ3v) is 5.07. The van der Waals surface area contributed by atoms with Crippen molar-refractivity contribution in [1.82, 2.24) is 0 Å². The van der Waals surface area contributed by atoms with Gasteiger partial charge in [-0.1, -0.05) is 109 Å². The van der Waals surface area contributed by atoms with Crippen molar-refractivity contribution >= 4 is 5.97 Å². The number of hydrogen-bond acceptors (Lipinski definition) is 3. The molecule has 3 heteroatoms. The van der Waals surface area contributed by atoms with Gasteiger partial charge in [-0.15, -0.1) is 0 Å². The van der Waals surface area contributed by atoms with Crippen LogP contribution in [0.2, 0.25) is 0 Å². The van der Waals surface area contributed by atoms with E-state index >= 15 is 0 Å². The minimum atomic E-state index is -0.258. The molecule has 0 spiro atoms. The summed E-state index contributed by atoms with van der Waals surface area (Å²) in [5.74, 6) is 0.0111. The fourth-order valence-electron chi connectivity index (χ4n) is 3.36. The highest BCUT2D eigenvalue weighted by Gasteiger charge is 2.07. The van der Waals surface area contributed by atoms with Crippen LogP contribution in [-0.2, 0) is 4.79 Å². The molecule has 0 radical (unpaired) electrons. The Morgan fingerprint density at radius 3 is 1.67 bits per heavy atom. The van der Waals surface area contributed by atoms with Crippen LogP contribution in [0.25, 0.3) is 0 Å². The van der Waals surface area contributed by atoms with Gasteiger partial charge in [-0.2, -0.15) is 0 Å². The Morgan fingerprint density at radius 1 is 0.741 bits per heavy atom. The van der Waals surface area contributed by atoms with Crippen LogP contribution in [0.5, 0.6) is 11.5 Å². The predicted octanol–water partition coefficient (Wildman–Crippen LogP) is 7.56. The van der Waals surface area contributed by atoms with Gasteiger partial charge in [-0.25, -0.2) is 0 Å². The number of hydrogen-bond donors (Lipinski definition) is 1. The van der Waals surface area contributed by atoms with Crippen LogP contribution < -0.4 is 4.74 Å². The average molecular weight is 377 g/mol. The lowest BCUT2D eigenvalue weighted by Crippen LogP contribution is -2.07. The monoisotopic (exact) mass is 376 g/mol. The molecular formula is C24H40O3. The Balaban J connectivity index is 1.82. The first kappa shape index (κ1) is 23.5. The van der Waals surface area contributed by atoms with Gasteiger partial charge in [0, 0.05) is 6.42 Å². The van der Waals surface area contributed by atoms with E-state index in [9.17, 15) is 9.90 Å². The van der Waals surface area contributed by atoms with Gasteiger partial charge in [0.2, 0.25) is 0 Å². The number of unbranched alkanes of at least 4 members (excludes halogenated alkanes) is 14. The van der Waals surface area contributed by atoms with Gasteiger partial charge in [0.15, 0.2) is 11.5 Å². The van der Waals surface area contributed by atoms with Crippen molar-refractivity contribution in [3.05, 3.63) is 24.3 Å². The Kier molecular flexibility index (Phi) is 14.5. The van der Waals surface area contributed by atoms with Crippen LogP contribution in [0, 0.1) is 0 Å². The number of phenolic OH excluding ortho intramolecular Hbond substituents is 1. The van der Waals surface area contributed by atoms with Gasteiger partial charge in [-0.3, -0.25) is 4.79 Å². The van der Waals surface area contributed by atoms with Crippen molar-refractivity contribution in [3.8, 4) is 11.5 Å². The van der Waals surface area contributed by atoms with Crippen molar-refractivity contribution < 1.29 is 14.6 Å². The number of ether oxygens (including phenoxy) is 1. The van der Waals surface area contributed by atoms with Crippen molar-refractivity contribution in [2.75, 3.05) is 0 Å². The molecule has 0 saturated carbocycles. The van der Waals surface area contributed by atoms with Crippen LogP contribution >= 0.6 is 0 Å². The maximum atomic E-state index is 11.8. The van der Waals surface area contributed by atoms with Gasteiger partial charge in [0.25, 0.3) is 0 Å². The number of aromatic hydroxyl groups is 1. The Labute approximate surface area is 166 Å². The van der Waals surface area contributed by atoms with E-state index in [2.05, 4.69) is 6.92 Å². The smallest absolute Gasteiger partial charge is 0.311 e. The van der Waals surface area contributed by atoms with Gasteiger partial charge in [0.1, 0.15) is 0 Å². The number of para-hydroxylation sites is 2. The number of rotatable bonds is 17. The molecular weight excluding hydrogens is 336 g/mol. The van der Waals surface area contributed by atoms with Crippen molar-refractivity contribution in [1.29, 1.82) is 0 Å². The highest BCUT2D eigenvalue weighted by Crippen LogP contribution is 2.25. The number of carbonyl (C=O) groups excluding carboxylic acids is 1. The number of esters is 1. The van der Waals surface area contributed by atoms with E-state index < -0.39 is 0 Å². The first-order chi connectivity index (χ1) is 13.2. The molecule has 0 bridgehead atoms. The molecule has 154 valence electrons. The molecule has 3 nitrogen and oxygen atoms in total. The molecule has 1 N–H and O–H groups in total. The van der Waals surface area contributed by atoms with Crippen molar-refractivity contribution in [2.24, 2.45) is 0 Å². The topological polar surface area (TPSA) is 46.5 Å². The van der Waals surface area contributed by atoms with Gasteiger partial charge in [-0.05, 0) is 18.6 Å². The molecule has 0 aromatic heterocycles. The zero-order valence-corrected chi connectivity index (χ0v) is 17.4. The molecule has 0 aliphatic carbocycles. The fraction of sp³-hybridized carbons (Fsp3) is 0.708. The molecule has 0 atom stereocenters. The maximum absolute atomic E-state index is 11.8. The van der Waals surface area contributed by atoms with E-state index in [1.165, 1.54) is 89.5 Å². The van der Waals surface area contributed by atoms with E-state index in [-0.39, 0.29) is 17.5 Å². The first-order valence-electron chi connectivity index (χ1n) is 11.2. The summed E-state index contributed by atoms with van der Waals surface area (Å²) in [5, 5.41) is 9.59. The summed E-state index contributed by atoms with van der Waals surface area (Å²) in [5.41, 5.74) is 0. The zero-order valence-electron chi connectivity index (χ0n) is 17.4. The molecule has 1 aromatic carbocycles. The summed E-state index contributed by atoms with van der Waals surface area (Å²) in [6, 6.07) is 6.59. The van der Waals surface area contributed by atoms with Gasteiger partial charge >= 0.3 is 5.97 Å². The van der Waals surface area contributed by atoms with Crippen LogP contribution in [0.3, 0.4) is 0 Å². The summed E-state index contributed by atoms with van der Waals surface area (Å²) < 4.78 is 5.18. The Hall–Kier alpha value is -1.51. The SMILES string of the molecule is CCCCCCCCCCCCCCCCCC(=O)Oc1ccccc1O. The van der Waals surface area contributed by atoms with E-state index in [1.807, 2.05) is 0 Å². The molecule has 1 aromatic rings. The van der Waals surface area contributed by atoms with Crippen LogP contribution in [-0.4, -0.2) is 11.1 Å². The molecule has 0 heterocycles. The number of benzene rings is 1. The molecule has 27 heavy (non-hydrogen) atoms.